The highest BCUT2D eigenvalue weighted by molar-refractivity contribution is 7.92. The van der Waals surface area contributed by atoms with E-state index < -0.39 is 10.0 Å². The molecule has 1 fully saturated rings. The number of benzene rings is 2. The summed E-state index contributed by atoms with van der Waals surface area (Å²) < 4.78 is 28.1. The predicted molar refractivity (Wildman–Crippen MR) is 121 cm³/mol. The average molecular weight is 450 g/mol. The van der Waals surface area contributed by atoms with Crippen LogP contribution in [-0.2, 0) is 10.0 Å². The van der Waals surface area contributed by atoms with Gasteiger partial charge in [-0.2, -0.15) is 0 Å². The zero-order valence-corrected chi connectivity index (χ0v) is 18.9. The Hall–Kier alpha value is -2.09. The number of hydrogen-bond donors (Lipinski definition) is 2. The predicted octanol–water partition coefficient (Wildman–Crippen LogP) is 4.05. The van der Waals surface area contributed by atoms with Gasteiger partial charge in [-0.15, -0.1) is 0 Å². The number of anilines is 1. The van der Waals surface area contributed by atoms with Crippen molar-refractivity contribution in [2.45, 2.75) is 44.0 Å². The summed E-state index contributed by atoms with van der Waals surface area (Å²) in [6.07, 6.45) is 2.86. The first-order valence-electron chi connectivity index (χ1n) is 10.2. The van der Waals surface area contributed by atoms with Crippen LogP contribution in [0.3, 0.4) is 0 Å². The Labute approximate surface area is 183 Å². The van der Waals surface area contributed by atoms with Crippen molar-refractivity contribution < 1.29 is 13.2 Å². The molecule has 162 valence electrons. The van der Waals surface area contributed by atoms with E-state index in [1.807, 2.05) is 13.0 Å². The second-order valence-electron chi connectivity index (χ2n) is 7.71. The smallest absolute Gasteiger partial charge is 0.261 e. The molecule has 0 spiro atoms. The highest BCUT2D eigenvalue weighted by Crippen LogP contribution is 2.23. The van der Waals surface area contributed by atoms with Crippen LogP contribution in [0.15, 0.2) is 47.4 Å². The van der Waals surface area contributed by atoms with Crippen molar-refractivity contribution in [3.63, 3.8) is 0 Å². The average Bonchev–Trinajstić information content (AvgIpc) is 2.69. The fourth-order valence-corrected chi connectivity index (χ4v) is 4.93. The Bertz CT molecular complexity index is 1000. The summed E-state index contributed by atoms with van der Waals surface area (Å²) >= 11 is 6.22. The van der Waals surface area contributed by atoms with Gasteiger partial charge >= 0.3 is 0 Å². The van der Waals surface area contributed by atoms with Gasteiger partial charge in [-0.25, -0.2) is 8.42 Å². The van der Waals surface area contributed by atoms with Crippen molar-refractivity contribution in [1.29, 1.82) is 0 Å². The van der Waals surface area contributed by atoms with Crippen LogP contribution in [0.25, 0.3) is 0 Å². The molecule has 30 heavy (non-hydrogen) atoms. The molecular weight excluding hydrogens is 422 g/mol. The summed E-state index contributed by atoms with van der Waals surface area (Å²) in [6.45, 7) is 7.00. The number of nitrogens with zero attached hydrogens (tertiary/aromatic N) is 1. The summed E-state index contributed by atoms with van der Waals surface area (Å²) in [5, 5.41) is 3.24. The van der Waals surface area contributed by atoms with Crippen molar-refractivity contribution in [1.82, 2.24) is 10.2 Å². The van der Waals surface area contributed by atoms with Gasteiger partial charge in [0.15, 0.2) is 0 Å². The topological polar surface area (TPSA) is 78.5 Å². The number of carbonyl (C=O) groups is 1. The number of halogens is 1. The molecule has 0 atom stereocenters. The molecule has 8 heteroatoms. The molecule has 2 aromatic rings. The van der Waals surface area contributed by atoms with E-state index in [-0.39, 0.29) is 27.4 Å². The van der Waals surface area contributed by atoms with Crippen molar-refractivity contribution in [2.75, 3.05) is 24.4 Å². The molecule has 0 saturated carbocycles. The monoisotopic (exact) mass is 449 g/mol. The van der Waals surface area contributed by atoms with E-state index in [4.69, 9.17) is 11.6 Å². The fraction of sp³-hybridized carbons (Fsp3) is 0.409. The van der Waals surface area contributed by atoms with Crippen LogP contribution in [0.5, 0.6) is 0 Å². The number of likely N-dealkylation sites (tertiary alicyclic amines) is 1. The second kappa shape index (κ2) is 9.81. The minimum Gasteiger partial charge on any atom is -0.349 e. The summed E-state index contributed by atoms with van der Waals surface area (Å²) in [6, 6.07) is 11.3. The van der Waals surface area contributed by atoms with E-state index in [9.17, 15) is 13.2 Å². The number of piperidine rings is 1. The zero-order chi connectivity index (χ0) is 21.7. The maximum Gasteiger partial charge on any atom is 0.261 e. The van der Waals surface area contributed by atoms with E-state index >= 15 is 0 Å². The summed E-state index contributed by atoms with van der Waals surface area (Å²) in [5.74, 6) is -0.346. The highest BCUT2D eigenvalue weighted by atomic mass is 35.5. The number of amides is 1. The Kier molecular flexibility index (Phi) is 7.39. The minimum absolute atomic E-state index is 0.00341. The lowest BCUT2D eigenvalue weighted by atomic mass is 10.0. The molecule has 2 N–H and O–H groups in total. The molecule has 6 nitrogen and oxygen atoms in total. The van der Waals surface area contributed by atoms with E-state index in [1.54, 1.807) is 18.2 Å². The lowest BCUT2D eigenvalue weighted by Crippen LogP contribution is -2.44. The molecule has 0 unspecified atom stereocenters. The normalized spacial score (nSPS) is 15.7. The number of hydrogen-bond acceptors (Lipinski definition) is 4. The maximum absolute atomic E-state index is 12.8. The van der Waals surface area contributed by atoms with Crippen LogP contribution in [-0.4, -0.2) is 44.9 Å². The maximum atomic E-state index is 12.8. The first kappa shape index (κ1) is 22.6. The third-order valence-corrected chi connectivity index (χ3v) is 6.93. The van der Waals surface area contributed by atoms with Gasteiger partial charge in [-0.1, -0.05) is 30.7 Å². The molecule has 3 rings (SSSR count). The molecule has 1 amide bonds. The molecule has 0 radical (unpaired) electrons. The molecular formula is C22H28ClN3O3S. The Balaban J connectivity index is 1.72. The minimum atomic E-state index is -3.84. The van der Waals surface area contributed by atoms with Gasteiger partial charge < -0.3 is 10.2 Å². The Morgan fingerprint density at radius 1 is 1.17 bits per heavy atom. The number of carbonyl (C=O) groups excluding carboxylic acids is 1. The van der Waals surface area contributed by atoms with E-state index in [1.165, 1.54) is 18.2 Å². The lowest BCUT2D eigenvalue weighted by molar-refractivity contribution is 0.0911. The van der Waals surface area contributed by atoms with Crippen LogP contribution in [0, 0.1) is 6.92 Å². The summed E-state index contributed by atoms with van der Waals surface area (Å²) in [7, 11) is -3.84. The molecule has 1 heterocycles. The second-order valence-corrected chi connectivity index (χ2v) is 9.80. The summed E-state index contributed by atoms with van der Waals surface area (Å²) in [4.78, 5) is 15.2. The van der Waals surface area contributed by atoms with Gasteiger partial charge in [0.2, 0.25) is 0 Å². The molecule has 0 aliphatic carbocycles. The van der Waals surface area contributed by atoms with Crippen LogP contribution in [0.2, 0.25) is 5.02 Å². The van der Waals surface area contributed by atoms with Crippen molar-refractivity contribution in [3.8, 4) is 0 Å². The third-order valence-electron chi connectivity index (χ3n) is 5.23. The Morgan fingerprint density at radius 3 is 2.57 bits per heavy atom. The SMILES string of the molecule is CCCN1CCC(NC(=O)c2cc(S(=O)(=O)Nc3cccc(C)c3)ccc2Cl)CC1. The van der Waals surface area contributed by atoms with Crippen molar-refractivity contribution in [3.05, 3.63) is 58.6 Å². The zero-order valence-electron chi connectivity index (χ0n) is 17.3. The van der Waals surface area contributed by atoms with Gasteiger partial charge in [-0.05, 0) is 68.6 Å². The number of nitrogens with one attached hydrogen (secondary N) is 2. The summed E-state index contributed by atoms with van der Waals surface area (Å²) in [5.41, 5.74) is 1.57. The molecule has 1 saturated heterocycles. The number of aryl methyl sites for hydroxylation is 1. The van der Waals surface area contributed by atoms with E-state index in [2.05, 4.69) is 21.9 Å². The van der Waals surface area contributed by atoms with Crippen molar-refractivity contribution in [2.24, 2.45) is 0 Å². The van der Waals surface area contributed by atoms with Gasteiger partial charge in [0.25, 0.3) is 15.9 Å². The molecule has 0 bridgehead atoms. The first-order valence-corrected chi connectivity index (χ1v) is 12.1. The van der Waals surface area contributed by atoms with Gasteiger partial charge in [-0.3, -0.25) is 9.52 Å². The number of sulfonamides is 1. The molecule has 0 aromatic heterocycles. The van der Waals surface area contributed by atoms with Crippen molar-refractivity contribution >= 4 is 33.2 Å². The first-order chi connectivity index (χ1) is 14.3. The van der Waals surface area contributed by atoms with Gasteiger partial charge in [0.1, 0.15) is 0 Å². The van der Waals surface area contributed by atoms with Gasteiger partial charge in [0.05, 0.1) is 15.5 Å². The highest BCUT2D eigenvalue weighted by Gasteiger charge is 2.23. The van der Waals surface area contributed by atoms with E-state index in [0.717, 1.165) is 44.5 Å². The number of rotatable bonds is 7. The van der Waals surface area contributed by atoms with Crippen LogP contribution >= 0.6 is 11.6 Å². The lowest BCUT2D eigenvalue weighted by Gasteiger charge is -2.32. The standard InChI is InChI=1S/C22H28ClN3O3S/c1-3-11-26-12-9-17(10-13-26)24-22(27)20-15-19(7-8-21(20)23)30(28,29)25-18-6-4-5-16(2)14-18/h4-8,14-15,17,25H,3,9-13H2,1-2H3,(H,24,27). The molecule has 1 aliphatic rings. The third kappa shape index (κ3) is 5.74. The molecule has 1 aliphatic heterocycles. The molecule has 2 aromatic carbocycles. The van der Waals surface area contributed by atoms with Crippen LogP contribution in [0.1, 0.15) is 42.1 Å². The Morgan fingerprint density at radius 2 is 1.90 bits per heavy atom. The van der Waals surface area contributed by atoms with Gasteiger partial charge in [0, 0.05) is 24.8 Å². The largest absolute Gasteiger partial charge is 0.349 e. The van der Waals surface area contributed by atoms with E-state index in [0.29, 0.717) is 5.69 Å². The van der Waals surface area contributed by atoms with Crippen LogP contribution < -0.4 is 10.0 Å². The van der Waals surface area contributed by atoms with Crippen LogP contribution in [0.4, 0.5) is 5.69 Å². The fourth-order valence-electron chi connectivity index (χ4n) is 3.65. The quantitative estimate of drug-likeness (QED) is 0.668.